The Morgan fingerprint density at radius 3 is 1.94 bits per heavy atom. The van der Waals surface area contributed by atoms with E-state index in [1.165, 1.54) is 21.0 Å². The van der Waals surface area contributed by atoms with Crippen molar-refractivity contribution in [3.8, 4) is 0 Å². The second kappa shape index (κ2) is 6.61. The largest absolute Gasteiger partial charge is 0.753 e. The molecule has 6 nitrogen and oxygen atoms in total. The molecule has 0 radical (unpaired) electrons. The van der Waals surface area contributed by atoms with E-state index in [2.05, 4.69) is 0 Å². The molecule has 0 bridgehead atoms. The monoisotopic (exact) mass is 267 g/mol. The van der Waals surface area contributed by atoms with Gasteiger partial charge in [-0.25, -0.2) is 9.05 Å². The van der Waals surface area contributed by atoms with Crippen molar-refractivity contribution in [2.45, 2.75) is 27.1 Å². The van der Waals surface area contributed by atoms with Gasteiger partial charge in [0.2, 0.25) is 0 Å². The molecule has 0 aromatic rings. The third-order valence-corrected chi connectivity index (χ3v) is 5.06. The molecule has 0 saturated heterocycles. The molecule has 1 atom stereocenters. The van der Waals surface area contributed by atoms with Gasteiger partial charge in [0.15, 0.2) is 7.52 Å². The van der Waals surface area contributed by atoms with Crippen LogP contribution in [0.4, 0.5) is 0 Å². The molecule has 0 fully saturated rings. The van der Waals surface area contributed by atoms with Crippen LogP contribution in [0.25, 0.3) is 0 Å². The van der Waals surface area contributed by atoms with Gasteiger partial charge in [-0.3, -0.25) is 4.57 Å². The fraction of sp³-hybridized carbons (Fsp3) is 0.900. The molecule has 0 aliphatic carbocycles. The first-order valence-corrected chi connectivity index (χ1v) is 7.43. The normalized spacial score (nSPS) is 15.9. The van der Waals surface area contributed by atoms with Crippen molar-refractivity contribution >= 4 is 13.4 Å². The van der Waals surface area contributed by atoms with Gasteiger partial charge in [0.05, 0.1) is 14.1 Å². The molecule has 17 heavy (non-hydrogen) atoms. The molecule has 0 aromatic carbocycles. The average molecular weight is 267 g/mol. The van der Waals surface area contributed by atoms with Crippen LogP contribution in [-0.2, 0) is 18.8 Å². The Bertz CT molecular complexity index is 299. The van der Waals surface area contributed by atoms with E-state index in [1.54, 1.807) is 13.8 Å². The van der Waals surface area contributed by atoms with Crippen LogP contribution in [0.1, 0.15) is 20.8 Å². The molecule has 0 spiro atoms. The van der Waals surface area contributed by atoms with Crippen molar-refractivity contribution in [1.29, 1.82) is 0 Å². The van der Waals surface area contributed by atoms with Crippen molar-refractivity contribution < 1.29 is 28.0 Å². The molecule has 1 amide bonds. The molecule has 0 saturated carbocycles. The number of rotatable bonds is 7. The smallest absolute Gasteiger partial charge is 0.372 e. The first-order valence-electron chi connectivity index (χ1n) is 5.66. The molecule has 0 aromatic heterocycles. The van der Waals surface area contributed by atoms with Gasteiger partial charge in [-0.2, -0.15) is 0 Å². The summed E-state index contributed by atoms with van der Waals surface area (Å²) in [4.78, 5) is 23.9. The molecule has 7 heteroatoms. The number of nitrogens with zero attached hydrogens (tertiary/aromatic N) is 1. The number of carbonyl (C=O) groups excluding carboxylic acids is 1. The zero-order valence-corrected chi connectivity index (χ0v) is 12.0. The molecule has 102 valence electrons. The van der Waals surface area contributed by atoms with Gasteiger partial charge in [-0.15, -0.1) is 0 Å². The van der Waals surface area contributed by atoms with Gasteiger partial charge in [-0.05, 0) is 13.8 Å². The summed E-state index contributed by atoms with van der Waals surface area (Å²) >= 11 is 0. The van der Waals surface area contributed by atoms with Crippen LogP contribution in [0, 0.1) is 0 Å². The van der Waals surface area contributed by atoms with E-state index in [0.717, 1.165) is 0 Å². The van der Waals surface area contributed by atoms with Gasteiger partial charge < -0.3 is 14.4 Å². The van der Waals surface area contributed by atoms with E-state index in [9.17, 15) is 14.3 Å². The van der Waals surface area contributed by atoms with Crippen molar-refractivity contribution in [2.24, 2.45) is 0 Å². The number of amides is 1. The fourth-order valence-corrected chi connectivity index (χ4v) is 2.36. The lowest BCUT2D eigenvalue weighted by Crippen LogP contribution is -2.52. The second-order valence-corrected chi connectivity index (χ2v) is 6.84. The van der Waals surface area contributed by atoms with Gasteiger partial charge in [0.25, 0.3) is 6.29 Å². The Morgan fingerprint density at radius 1 is 1.24 bits per heavy atom. The highest BCUT2D eigenvalue weighted by atomic mass is 31.2. The molecule has 1 unspecified atom stereocenters. The Labute approximate surface area is 103 Å². The number of ether oxygens (including phenoxy) is 2. The second-order valence-electron chi connectivity index (χ2n) is 3.93. The minimum atomic E-state index is -3.86. The van der Waals surface area contributed by atoms with Crippen LogP contribution < -0.4 is 4.89 Å². The molecule has 0 aliphatic heterocycles. The van der Waals surface area contributed by atoms with Crippen molar-refractivity contribution in [2.75, 3.05) is 33.5 Å². The molecule has 0 heterocycles. The number of hydrogen-bond donors (Lipinski definition) is 0. The highest BCUT2D eigenvalue weighted by Crippen LogP contribution is 2.45. The summed E-state index contributed by atoms with van der Waals surface area (Å²) in [5.41, 5.74) is 0. The number of quaternary nitrogens is 1. The first kappa shape index (κ1) is 16.7. The molecular weight excluding hydrogens is 245 g/mol. The first-order chi connectivity index (χ1) is 7.74. The maximum Gasteiger partial charge on any atom is 0.372 e. The van der Waals surface area contributed by atoms with Crippen LogP contribution in [0.3, 0.4) is 0 Å². The van der Waals surface area contributed by atoms with Gasteiger partial charge in [0.1, 0.15) is 0 Å². The quantitative estimate of drug-likeness (QED) is 0.497. The Kier molecular flexibility index (Phi) is 6.51. The highest BCUT2D eigenvalue weighted by molar-refractivity contribution is 7.50. The predicted molar refractivity (Wildman–Crippen MR) is 62.3 cm³/mol. The molecule has 0 N–H and O–H groups in total. The third-order valence-electron chi connectivity index (χ3n) is 2.54. The summed E-state index contributed by atoms with van der Waals surface area (Å²) in [6.07, 6.45) is -1.22. The zero-order chi connectivity index (χ0) is 13.7. The van der Waals surface area contributed by atoms with E-state index >= 15 is 0 Å². The average Bonchev–Trinajstić information content (AvgIpc) is 2.27. The minimum Gasteiger partial charge on any atom is -0.753 e. The predicted octanol–water partition coefficient (Wildman–Crippen LogP) is 0.562. The SMILES string of the molecule is CCOC(OCC)C(=O)[N+](C)(C)P(=O)([O-])CC. The summed E-state index contributed by atoms with van der Waals surface area (Å²) in [6.45, 7) is 5.51. The molecule has 0 rings (SSSR count). The number of likely N-dealkylation sites (N-methyl/N-ethyl adjacent to an activating group) is 1. The summed E-state index contributed by atoms with van der Waals surface area (Å²) in [5, 5.41) is 0. The minimum absolute atomic E-state index is 0.0866. The maximum atomic E-state index is 12.1. The summed E-state index contributed by atoms with van der Waals surface area (Å²) in [6, 6.07) is 0. The van der Waals surface area contributed by atoms with Crippen molar-refractivity contribution in [3.05, 3.63) is 0 Å². The van der Waals surface area contributed by atoms with Crippen LogP contribution >= 0.6 is 7.52 Å². The number of carbonyl (C=O) groups is 1. The molecule has 0 aliphatic rings. The lowest BCUT2D eigenvalue weighted by molar-refractivity contribution is -0.715. The summed E-state index contributed by atoms with van der Waals surface area (Å²) in [5.74, 6) is -0.603. The van der Waals surface area contributed by atoms with Gasteiger partial charge >= 0.3 is 5.91 Å². The Balaban J connectivity index is 5.04. The lowest BCUT2D eigenvalue weighted by Gasteiger charge is -2.39. The van der Waals surface area contributed by atoms with E-state index in [1.807, 2.05) is 0 Å². The van der Waals surface area contributed by atoms with E-state index < -0.39 is 24.0 Å². The van der Waals surface area contributed by atoms with Crippen LogP contribution in [-0.4, -0.2) is 49.9 Å². The van der Waals surface area contributed by atoms with E-state index in [-0.39, 0.29) is 19.4 Å². The van der Waals surface area contributed by atoms with Gasteiger partial charge in [-0.1, -0.05) is 6.92 Å². The van der Waals surface area contributed by atoms with Crippen LogP contribution in [0.15, 0.2) is 0 Å². The topological polar surface area (TPSA) is 75.7 Å². The standard InChI is InChI=1S/C10H22NO5P/c1-6-15-10(16-7-2)9(12)11(4,5)17(13,14)8-3/h10H,6-8H2,1-5H3. The summed E-state index contributed by atoms with van der Waals surface area (Å²) in [7, 11) is -1.18. The van der Waals surface area contributed by atoms with E-state index in [4.69, 9.17) is 9.47 Å². The van der Waals surface area contributed by atoms with Crippen LogP contribution in [0.2, 0.25) is 0 Å². The fourth-order valence-electron chi connectivity index (χ4n) is 1.26. The molecular formula is C10H22NO5P. The summed E-state index contributed by atoms with van der Waals surface area (Å²) < 4.78 is 21.3. The third kappa shape index (κ3) is 3.86. The van der Waals surface area contributed by atoms with Crippen LogP contribution in [0.5, 0.6) is 0 Å². The van der Waals surface area contributed by atoms with Crippen molar-refractivity contribution in [1.82, 2.24) is 0 Å². The Morgan fingerprint density at radius 2 is 1.65 bits per heavy atom. The lowest BCUT2D eigenvalue weighted by atomic mass is 10.5. The Hall–Kier alpha value is -0.260. The van der Waals surface area contributed by atoms with Gasteiger partial charge in [0, 0.05) is 19.4 Å². The maximum absolute atomic E-state index is 12.1. The zero-order valence-electron chi connectivity index (χ0n) is 11.1. The highest BCUT2D eigenvalue weighted by Gasteiger charge is 2.42. The van der Waals surface area contributed by atoms with Crippen molar-refractivity contribution in [3.63, 3.8) is 0 Å². The number of hydrogen-bond acceptors (Lipinski definition) is 5. The van der Waals surface area contributed by atoms with E-state index in [0.29, 0.717) is 0 Å².